The maximum absolute atomic E-state index is 10.9. The van der Waals surface area contributed by atoms with Crippen LogP contribution in [0.4, 0.5) is 0 Å². The Kier molecular flexibility index (Phi) is 4.22. The Morgan fingerprint density at radius 3 is 2.54 bits per heavy atom. The van der Waals surface area contributed by atoms with Crippen molar-refractivity contribution in [3.05, 3.63) is 0 Å². The summed E-state index contributed by atoms with van der Waals surface area (Å²) in [4.78, 5) is 10.9. The molecular formula is C10H19NO2. The number of carbonyl (C=O) groups is 1. The maximum Gasteiger partial charge on any atom is 0.305 e. The van der Waals surface area contributed by atoms with Gasteiger partial charge in [-0.25, -0.2) is 0 Å². The standard InChI is InChI=1S/C10H19NO2/c1-13-10(12)7-4-8-2-5-9(11)6-3-8/h8-9H,2-7,11H2,1H3. The second-order valence-corrected chi connectivity index (χ2v) is 3.90. The quantitative estimate of drug-likeness (QED) is 0.677. The van der Waals surface area contributed by atoms with Crippen LogP contribution in [0, 0.1) is 5.92 Å². The second-order valence-electron chi connectivity index (χ2n) is 3.90. The van der Waals surface area contributed by atoms with Crippen LogP contribution >= 0.6 is 0 Å². The van der Waals surface area contributed by atoms with Gasteiger partial charge in [-0.1, -0.05) is 0 Å². The van der Waals surface area contributed by atoms with Crippen LogP contribution in [0.5, 0.6) is 0 Å². The highest BCUT2D eigenvalue weighted by molar-refractivity contribution is 5.69. The van der Waals surface area contributed by atoms with Crippen LogP contribution in [0.15, 0.2) is 0 Å². The second kappa shape index (κ2) is 5.22. The molecule has 1 saturated carbocycles. The van der Waals surface area contributed by atoms with Crippen LogP contribution in [0.25, 0.3) is 0 Å². The molecule has 0 amide bonds. The first kappa shape index (κ1) is 10.5. The lowest BCUT2D eigenvalue weighted by Crippen LogP contribution is -2.26. The molecular weight excluding hydrogens is 166 g/mol. The zero-order valence-corrected chi connectivity index (χ0v) is 8.29. The summed E-state index contributed by atoms with van der Waals surface area (Å²) in [6.45, 7) is 0. The lowest BCUT2D eigenvalue weighted by molar-refractivity contribution is -0.141. The number of methoxy groups -OCH3 is 1. The van der Waals surface area contributed by atoms with Crippen molar-refractivity contribution in [1.82, 2.24) is 0 Å². The Balaban J connectivity index is 2.12. The summed E-state index contributed by atoms with van der Waals surface area (Å²) < 4.78 is 4.60. The van der Waals surface area contributed by atoms with Crippen molar-refractivity contribution >= 4 is 5.97 Å². The van der Waals surface area contributed by atoms with Crippen LogP contribution in [-0.4, -0.2) is 19.1 Å². The zero-order valence-electron chi connectivity index (χ0n) is 8.29. The van der Waals surface area contributed by atoms with Crippen molar-refractivity contribution in [2.45, 2.75) is 44.6 Å². The monoisotopic (exact) mass is 185 g/mol. The van der Waals surface area contributed by atoms with Gasteiger partial charge in [-0.3, -0.25) is 4.79 Å². The van der Waals surface area contributed by atoms with E-state index in [-0.39, 0.29) is 5.97 Å². The minimum atomic E-state index is -0.0881. The molecule has 0 radical (unpaired) electrons. The Bertz CT molecular complexity index is 162. The van der Waals surface area contributed by atoms with Gasteiger partial charge in [0.15, 0.2) is 0 Å². The highest BCUT2D eigenvalue weighted by atomic mass is 16.5. The Morgan fingerprint density at radius 2 is 2.00 bits per heavy atom. The molecule has 0 aromatic rings. The Hall–Kier alpha value is -0.570. The van der Waals surface area contributed by atoms with Crippen LogP contribution in [-0.2, 0) is 9.53 Å². The summed E-state index contributed by atoms with van der Waals surface area (Å²) in [7, 11) is 1.44. The van der Waals surface area contributed by atoms with Crippen LogP contribution in [0.3, 0.4) is 0 Å². The highest BCUT2D eigenvalue weighted by Crippen LogP contribution is 2.26. The van der Waals surface area contributed by atoms with Gasteiger partial charge in [0.05, 0.1) is 7.11 Å². The predicted octanol–water partition coefficient (Wildman–Crippen LogP) is 1.46. The van der Waals surface area contributed by atoms with Crippen molar-refractivity contribution in [3.63, 3.8) is 0 Å². The fourth-order valence-corrected chi connectivity index (χ4v) is 1.90. The van der Waals surface area contributed by atoms with Gasteiger partial charge in [0.25, 0.3) is 0 Å². The summed E-state index contributed by atoms with van der Waals surface area (Å²) in [6, 6.07) is 0.398. The molecule has 1 fully saturated rings. The number of hydrogen-bond donors (Lipinski definition) is 1. The van der Waals surface area contributed by atoms with Gasteiger partial charge in [-0.2, -0.15) is 0 Å². The number of carbonyl (C=O) groups excluding carboxylic acids is 1. The highest BCUT2D eigenvalue weighted by Gasteiger charge is 2.18. The first-order chi connectivity index (χ1) is 6.22. The molecule has 3 nitrogen and oxygen atoms in total. The molecule has 0 saturated heterocycles. The first-order valence-corrected chi connectivity index (χ1v) is 5.04. The molecule has 0 heterocycles. The molecule has 76 valence electrons. The number of nitrogens with two attached hydrogens (primary N) is 1. The molecule has 13 heavy (non-hydrogen) atoms. The number of rotatable bonds is 3. The van der Waals surface area contributed by atoms with Gasteiger partial charge in [-0.15, -0.1) is 0 Å². The molecule has 0 aromatic carbocycles. The summed E-state index contributed by atoms with van der Waals surface area (Å²) in [5.41, 5.74) is 5.79. The van der Waals surface area contributed by atoms with Gasteiger partial charge in [0.1, 0.15) is 0 Å². The summed E-state index contributed by atoms with van der Waals surface area (Å²) in [5, 5.41) is 0. The maximum atomic E-state index is 10.9. The molecule has 3 heteroatoms. The minimum absolute atomic E-state index is 0.0881. The average Bonchev–Trinajstić information content (AvgIpc) is 2.16. The van der Waals surface area contributed by atoms with Crippen molar-refractivity contribution in [3.8, 4) is 0 Å². The topological polar surface area (TPSA) is 52.3 Å². The van der Waals surface area contributed by atoms with Crippen molar-refractivity contribution in [1.29, 1.82) is 0 Å². The summed E-state index contributed by atoms with van der Waals surface area (Å²) in [6.07, 6.45) is 6.13. The SMILES string of the molecule is COC(=O)CCC1CCC(N)CC1. The molecule has 0 unspecified atom stereocenters. The van der Waals surface area contributed by atoms with Gasteiger partial charge in [0, 0.05) is 12.5 Å². The molecule has 1 rings (SSSR count). The van der Waals surface area contributed by atoms with E-state index in [1.54, 1.807) is 0 Å². The van der Waals surface area contributed by atoms with E-state index in [2.05, 4.69) is 4.74 Å². The third kappa shape index (κ3) is 3.77. The number of hydrogen-bond acceptors (Lipinski definition) is 3. The van der Waals surface area contributed by atoms with Crippen LogP contribution < -0.4 is 5.73 Å². The minimum Gasteiger partial charge on any atom is -0.469 e. The molecule has 0 aliphatic heterocycles. The first-order valence-electron chi connectivity index (χ1n) is 5.04. The Morgan fingerprint density at radius 1 is 1.38 bits per heavy atom. The molecule has 1 aliphatic carbocycles. The number of esters is 1. The summed E-state index contributed by atoms with van der Waals surface area (Å²) in [5.74, 6) is 0.605. The van der Waals surface area contributed by atoms with Gasteiger partial charge < -0.3 is 10.5 Å². The lowest BCUT2D eigenvalue weighted by atomic mass is 9.84. The van der Waals surface area contributed by atoms with Crippen molar-refractivity contribution in [2.24, 2.45) is 11.7 Å². The largest absolute Gasteiger partial charge is 0.469 e. The molecule has 0 bridgehead atoms. The zero-order chi connectivity index (χ0) is 9.68. The number of ether oxygens (including phenoxy) is 1. The van der Waals surface area contributed by atoms with E-state index in [0.29, 0.717) is 18.4 Å². The fourth-order valence-electron chi connectivity index (χ4n) is 1.90. The summed E-state index contributed by atoms with van der Waals surface area (Å²) >= 11 is 0. The fraction of sp³-hybridized carbons (Fsp3) is 0.900. The third-order valence-corrected chi connectivity index (χ3v) is 2.88. The van der Waals surface area contributed by atoms with Gasteiger partial charge >= 0.3 is 5.97 Å². The van der Waals surface area contributed by atoms with Crippen LogP contribution in [0.1, 0.15) is 38.5 Å². The van der Waals surface area contributed by atoms with Crippen molar-refractivity contribution in [2.75, 3.05) is 7.11 Å². The van der Waals surface area contributed by atoms with E-state index >= 15 is 0 Å². The van der Waals surface area contributed by atoms with E-state index in [1.807, 2.05) is 0 Å². The lowest BCUT2D eigenvalue weighted by Gasteiger charge is -2.25. The van der Waals surface area contributed by atoms with E-state index in [4.69, 9.17) is 5.73 Å². The van der Waals surface area contributed by atoms with E-state index in [1.165, 1.54) is 20.0 Å². The van der Waals surface area contributed by atoms with Crippen LogP contribution in [0.2, 0.25) is 0 Å². The van der Waals surface area contributed by atoms with E-state index in [0.717, 1.165) is 19.3 Å². The third-order valence-electron chi connectivity index (χ3n) is 2.88. The molecule has 1 aliphatic rings. The van der Waals surface area contributed by atoms with E-state index in [9.17, 15) is 4.79 Å². The van der Waals surface area contributed by atoms with Crippen molar-refractivity contribution < 1.29 is 9.53 Å². The molecule has 0 aromatic heterocycles. The smallest absolute Gasteiger partial charge is 0.305 e. The Labute approximate surface area is 79.6 Å². The molecule has 0 spiro atoms. The molecule has 0 atom stereocenters. The normalized spacial score (nSPS) is 28.5. The van der Waals surface area contributed by atoms with Gasteiger partial charge in [-0.05, 0) is 38.0 Å². The average molecular weight is 185 g/mol. The van der Waals surface area contributed by atoms with E-state index < -0.39 is 0 Å². The predicted molar refractivity (Wildman–Crippen MR) is 51.2 cm³/mol. The molecule has 2 N–H and O–H groups in total. The van der Waals surface area contributed by atoms with Gasteiger partial charge in [0.2, 0.25) is 0 Å².